The molecule has 0 spiro atoms. The maximum absolute atomic E-state index is 5.42. The van der Waals surface area contributed by atoms with E-state index in [0.717, 1.165) is 0 Å². The van der Waals surface area contributed by atoms with Crippen LogP contribution in [-0.4, -0.2) is 0 Å². The number of rotatable bonds is 0. The normalized spacial score (nSPS) is 19.2. The molecule has 0 bridgehead atoms. The predicted molar refractivity (Wildman–Crippen MR) is 52.5 cm³/mol. The van der Waals surface area contributed by atoms with Gasteiger partial charge in [-0.2, -0.15) is 0 Å². The van der Waals surface area contributed by atoms with E-state index in [2.05, 4.69) is 0 Å². The molecule has 6 heteroatoms. The fourth-order valence-electron chi connectivity index (χ4n) is 0. The number of hydrogen-bond acceptors (Lipinski definition) is 0. The van der Waals surface area contributed by atoms with Crippen LogP contribution in [0.4, 0.5) is 0 Å². The fraction of sp³-hybridized carbons (Fsp3) is 0. The molecular weight excluding hydrogens is 391 g/mol. The quantitative estimate of drug-likeness (QED) is 0.415. The molecule has 0 amide bonds. The first-order chi connectivity index (χ1) is 2.24. The van der Waals surface area contributed by atoms with Gasteiger partial charge < -0.3 is 0 Å². The molecule has 0 aromatic heterocycles. The monoisotopic (exact) mass is 390 g/mol. The van der Waals surface area contributed by atoms with Crippen molar-refractivity contribution in [2.75, 3.05) is 0 Å². The van der Waals surface area contributed by atoms with Crippen LogP contribution < -0.4 is 0 Å². The third-order valence-electron chi connectivity index (χ3n) is 0. The van der Waals surface area contributed by atoms with Gasteiger partial charge in [-0.15, -0.1) is 0 Å². The van der Waals surface area contributed by atoms with Crippen LogP contribution in [0.25, 0.3) is 0 Å². The number of hydrogen-bond donors (Lipinski definition) is 0. The molecule has 0 aromatic rings. The second-order valence-electron chi connectivity index (χ2n) is 0.639. The van der Waals surface area contributed by atoms with E-state index in [1.54, 1.807) is 0 Å². The minimum absolute atomic E-state index is 1.83. The molecule has 0 aliphatic heterocycles. The van der Waals surface area contributed by atoms with Crippen molar-refractivity contribution in [1.29, 1.82) is 0 Å². The zero-order valence-electron chi connectivity index (χ0n) is 2.34. The third kappa shape index (κ3) is 29.4. The molecule has 0 atom stereocenters. The Balaban J connectivity index is 3.73. The summed E-state index contributed by atoms with van der Waals surface area (Å²) in [5.41, 5.74) is 0. The van der Waals surface area contributed by atoms with Crippen molar-refractivity contribution in [1.82, 2.24) is 0 Å². The Morgan fingerprint density at radius 3 is 1.00 bits per heavy atom. The Bertz CT molecular complexity index is 42.0. The topological polar surface area (TPSA) is 0 Å². The van der Waals surface area contributed by atoms with Gasteiger partial charge in [-0.1, -0.05) is 0 Å². The van der Waals surface area contributed by atoms with Crippen molar-refractivity contribution < 1.29 is 0 Å². The van der Waals surface area contributed by atoms with Crippen molar-refractivity contribution in [2.45, 2.75) is 0 Å². The van der Waals surface area contributed by atoms with Gasteiger partial charge in [0.1, 0.15) is 0 Å². The van der Waals surface area contributed by atoms with Gasteiger partial charge in [-0.05, 0) is 0 Å². The molecular formula is Cl3I2P. The maximum atomic E-state index is 5.42. The summed E-state index contributed by atoms with van der Waals surface area (Å²) in [5, 5.41) is 0. The molecule has 0 heterocycles. The molecule has 0 saturated carbocycles. The summed E-state index contributed by atoms with van der Waals surface area (Å²) in [4.78, 5) is 0. The van der Waals surface area contributed by atoms with Gasteiger partial charge in [0.05, 0.1) is 0 Å². The van der Waals surface area contributed by atoms with Gasteiger partial charge in [0.15, 0.2) is 0 Å². The summed E-state index contributed by atoms with van der Waals surface area (Å²) < 4.78 is -2.69. The van der Waals surface area contributed by atoms with Crippen molar-refractivity contribution in [3.63, 3.8) is 0 Å². The van der Waals surface area contributed by atoms with E-state index >= 15 is 0 Å². The van der Waals surface area contributed by atoms with Crippen molar-refractivity contribution in [3.05, 3.63) is 0 Å². The third-order valence-corrected chi connectivity index (χ3v) is 0. The molecule has 0 rings (SSSR count). The van der Waals surface area contributed by atoms with Gasteiger partial charge in [0.25, 0.3) is 0 Å². The van der Waals surface area contributed by atoms with E-state index in [-0.39, 0.29) is 0 Å². The van der Waals surface area contributed by atoms with Gasteiger partial charge in [-0.25, -0.2) is 0 Å². The van der Waals surface area contributed by atoms with Crippen LogP contribution in [0.1, 0.15) is 0 Å². The molecule has 0 radical (unpaired) electrons. The van der Waals surface area contributed by atoms with Gasteiger partial charge in [0, 0.05) is 0 Å². The van der Waals surface area contributed by atoms with E-state index in [1.807, 2.05) is 44.1 Å². The Morgan fingerprint density at radius 1 is 1.00 bits per heavy atom. The number of halogens is 5. The van der Waals surface area contributed by atoms with Crippen molar-refractivity contribution >= 4 is 77.8 Å². The molecule has 0 aliphatic carbocycles. The van der Waals surface area contributed by atoms with Crippen LogP contribution in [0, 0.1) is 0 Å². The average molecular weight is 391 g/mol. The first-order valence-corrected chi connectivity index (χ1v) is 11.4. The molecule has 0 fully saturated rings. The predicted octanol–water partition coefficient (Wildman–Crippen LogP) is 4.70. The van der Waals surface area contributed by atoms with Gasteiger partial charge >= 0.3 is 77.8 Å². The van der Waals surface area contributed by atoms with E-state index in [9.17, 15) is 0 Å². The van der Waals surface area contributed by atoms with Crippen LogP contribution in [0.15, 0.2) is 0 Å². The van der Waals surface area contributed by atoms with E-state index in [1.165, 1.54) is 0 Å². The second kappa shape index (κ2) is 2.18. The molecule has 0 saturated heterocycles. The summed E-state index contributed by atoms with van der Waals surface area (Å²) in [7, 11) is 0. The summed E-state index contributed by atoms with van der Waals surface area (Å²) in [5.74, 6) is 0. The standard InChI is InChI=1S/Cl3I2P/c1-6(2,3,4)5. The Kier molecular flexibility index (Phi) is 3.18. The zero-order valence-corrected chi connectivity index (χ0v) is 9.81. The minimum atomic E-state index is -2.69. The Hall–Kier alpha value is 2.76. The summed E-state index contributed by atoms with van der Waals surface area (Å²) in [6.07, 6.45) is 0. The summed E-state index contributed by atoms with van der Waals surface area (Å²) >= 11 is 19.9. The Morgan fingerprint density at radius 2 is 1.00 bits per heavy atom. The molecule has 0 unspecified atom stereocenters. The second-order valence-corrected chi connectivity index (χ2v) is 36.9. The molecule has 6 heavy (non-hydrogen) atoms. The molecule has 0 nitrogen and oxygen atoms in total. The van der Waals surface area contributed by atoms with Crippen LogP contribution in [-0.2, 0) is 0 Å². The molecule has 0 N–H and O–H groups in total. The van der Waals surface area contributed by atoms with E-state index in [4.69, 9.17) is 33.7 Å². The van der Waals surface area contributed by atoms with Crippen LogP contribution in [0.3, 0.4) is 0 Å². The average Bonchev–Trinajstić information content (AvgIpc) is 0.650. The first kappa shape index (κ1) is 8.76. The van der Waals surface area contributed by atoms with Crippen LogP contribution >= 0.6 is 77.8 Å². The Labute approximate surface area is 76.5 Å². The van der Waals surface area contributed by atoms with E-state index in [0.29, 0.717) is 0 Å². The van der Waals surface area contributed by atoms with Gasteiger partial charge in [0.2, 0.25) is 0 Å². The van der Waals surface area contributed by atoms with E-state index < -0.39 is -0.0536 Å². The SMILES string of the molecule is ClP(Cl)(Cl)(I)I. The van der Waals surface area contributed by atoms with Crippen molar-refractivity contribution in [3.8, 4) is 0 Å². The molecule has 40 valence electrons. The van der Waals surface area contributed by atoms with Crippen molar-refractivity contribution in [2.24, 2.45) is 0 Å². The molecule has 0 aromatic carbocycles. The van der Waals surface area contributed by atoms with Crippen LogP contribution in [0.5, 0.6) is 0 Å². The molecule has 0 aliphatic rings. The summed E-state index contributed by atoms with van der Waals surface area (Å²) in [6.45, 7) is 0. The first-order valence-electron chi connectivity index (χ1n) is 0.845. The zero-order chi connectivity index (χ0) is 5.45. The van der Waals surface area contributed by atoms with Crippen LogP contribution in [0.2, 0.25) is 0 Å². The summed E-state index contributed by atoms with van der Waals surface area (Å²) in [6, 6.07) is 0. The van der Waals surface area contributed by atoms with Gasteiger partial charge in [-0.3, -0.25) is 0 Å². The fourth-order valence-corrected chi connectivity index (χ4v) is 0.